The molecule has 1 aliphatic rings. The minimum Gasteiger partial charge on any atom is -0.495 e. The number of anilines is 2. The van der Waals surface area contributed by atoms with Crippen molar-refractivity contribution in [2.75, 3.05) is 24.3 Å². The first-order chi connectivity index (χ1) is 23.0. The lowest BCUT2D eigenvalue weighted by atomic mass is 9.85. The molecule has 262 valence electrons. The standard InChI is InChI=1S/C38H54N4O6/c1-6-7-8-9-10-11-12-13-14-15-19-22-32(43)39-29-23-24-31(48-5)30(25-29)40-36(46)34(35(45)38(2,3)4)42-33(44)27-41(37(42)47)26-28-20-17-16-18-21-28/h16-18,20-21,23-25,34H,6-15,19,22,26-27H2,1-5H3,(H,39,43)(H,40,46). The Balaban J connectivity index is 1.62. The molecule has 10 nitrogen and oxygen atoms in total. The van der Waals surface area contributed by atoms with E-state index in [1.807, 2.05) is 30.3 Å². The Morgan fingerprint density at radius 3 is 2.02 bits per heavy atom. The molecule has 1 unspecified atom stereocenters. The molecule has 0 spiro atoms. The van der Waals surface area contributed by atoms with Gasteiger partial charge in [0, 0.05) is 24.1 Å². The molecule has 1 fully saturated rings. The third-order valence-electron chi connectivity index (χ3n) is 8.53. The van der Waals surface area contributed by atoms with E-state index in [-0.39, 0.29) is 24.7 Å². The number of carbonyl (C=O) groups excluding carboxylic acids is 5. The van der Waals surface area contributed by atoms with E-state index in [0.717, 1.165) is 29.7 Å². The SMILES string of the molecule is CCCCCCCCCCCCCC(=O)Nc1ccc(OC)c(NC(=O)C(C(=O)C(C)(C)C)N2C(=O)CN(Cc3ccccc3)C2=O)c1. The molecule has 48 heavy (non-hydrogen) atoms. The molecule has 0 saturated carbocycles. The summed E-state index contributed by atoms with van der Waals surface area (Å²) < 4.78 is 5.44. The van der Waals surface area contributed by atoms with Gasteiger partial charge in [0.25, 0.3) is 11.8 Å². The lowest BCUT2D eigenvalue weighted by Gasteiger charge is -2.29. The van der Waals surface area contributed by atoms with Crippen molar-refractivity contribution < 1.29 is 28.7 Å². The summed E-state index contributed by atoms with van der Waals surface area (Å²) in [5, 5.41) is 5.58. The molecular weight excluding hydrogens is 608 g/mol. The predicted octanol–water partition coefficient (Wildman–Crippen LogP) is 7.72. The Bertz CT molecular complexity index is 1390. The van der Waals surface area contributed by atoms with Crippen molar-refractivity contribution >= 4 is 40.9 Å². The van der Waals surface area contributed by atoms with Gasteiger partial charge in [0.1, 0.15) is 12.3 Å². The number of unbranched alkanes of at least 4 members (excludes halogenated alkanes) is 10. The fourth-order valence-electron chi connectivity index (χ4n) is 5.77. The zero-order valence-corrected chi connectivity index (χ0v) is 29.4. The Labute approximate surface area is 286 Å². The molecule has 2 aromatic carbocycles. The van der Waals surface area contributed by atoms with Crippen LogP contribution in [-0.4, -0.2) is 59.0 Å². The van der Waals surface area contributed by atoms with Gasteiger partial charge >= 0.3 is 6.03 Å². The third kappa shape index (κ3) is 11.5. The molecule has 3 rings (SSSR count). The maximum absolute atomic E-state index is 13.8. The Morgan fingerprint density at radius 1 is 0.833 bits per heavy atom. The van der Waals surface area contributed by atoms with Gasteiger partial charge in [0.05, 0.1) is 12.8 Å². The number of amides is 5. The van der Waals surface area contributed by atoms with Crippen LogP contribution in [0.3, 0.4) is 0 Å². The van der Waals surface area contributed by atoms with Crippen LogP contribution in [0.2, 0.25) is 0 Å². The van der Waals surface area contributed by atoms with Crippen LogP contribution in [0, 0.1) is 5.41 Å². The largest absolute Gasteiger partial charge is 0.495 e. The number of nitrogens with zero attached hydrogens (tertiary/aromatic N) is 2. The van der Waals surface area contributed by atoms with Gasteiger partial charge in [-0.05, 0) is 30.2 Å². The fourth-order valence-corrected chi connectivity index (χ4v) is 5.77. The number of rotatable bonds is 20. The predicted molar refractivity (Wildman–Crippen MR) is 189 cm³/mol. The summed E-state index contributed by atoms with van der Waals surface area (Å²) in [5.41, 5.74) is 0.418. The van der Waals surface area contributed by atoms with Crippen LogP contribution in [0.1, 0.15) is 110 Å². The van der Waals surface area contributed by atoms with Gasteiger partial charge in [-0.1, -0.05) is 122 Å². The van der Waals surface area contributed by atoms with Crippen LogP contribution in [0.25, 0.3) is 0 Å². The van der Waals surface area contributed by atoms with E-state index >= 15 is 0 Å². The van der Waals surface area contributed by atoms with Crippen LogP contribution in [-0.2, 0) is 25.7 Å². The quantitative estimate of drug-likeness (QED) is 0.0850. The number of nitrogens with one attached hydrogen (secondary N) is 2. The topological polar surface area (TPSA) is 125 Å². The lowest BCUT2D eigenvalue weighted by molar-refractivity contribution is -0.143. The molecule has 5 amide bonds. The molecule has 2 aromatic rings. The van der Waals surface area contributed by atoms with Crippen molar-refractivity contribution in [3.8, 4) is 5.75 Å². The molecule has 0 aliphatic carbocycles. The summed E-state index contributed by atoms with van der Waals surface area (Å²) in [4.78, 5) is 69.0. The fraction of sp³-hybridized carbons (Fsp3) is 0.553. The molecule has 1 saturated heterocycles. The first-order valence-electron chi connectivity index (χ1n) is 17.4. The van der Waals surface area contributed by atoms with Gasteiger partial charge in [-0.25, -0.2) is 9.69 Å². The van der Waals surface area contributed by atoms with Crippen LogP contribution in [0.15, 0.2) is 48.5 Å². The molecular formula is C38H54N4O6. The van der Waals surface area contributed by atoms with Crippen molar-refractivity contribution in [1.29, 1.82) is 0 Å². The molecule has 0 radical (unpaired) electrons. The van der Waals surface area contributed by atoms with Gasteiger partial charge in [0.15, 0.2) is 11.8 Å². The number of Topliss-reactive ketones (excluding diaryl/α,β-unsaturated/α-hetero) is 1. The van der Waals surface area contributed by atoms with Crippen molar-refractivity contribution in [3.05, 3.63) is 54.1 Å². The van der Waals surface area contributed by atoms with Crippen molar-refractivity contribution in [2.24, 2.45) is 5.41 Å². The normalized spacial score (nSPS) is 13.9. The average Bonchev–Trinajstić information content (AvgIpc) is 3.31. The molecule has 0 aromatic heterocycles. The lowest BCUT2D eigenvalue weighted by Crippen LogP contribution is -2.55. The van der Waals surface area contributed by atoms with Gasteiger partial charge in [-0.15, -0.1) is 0 Å². The van der Waals surface area contributed by atoms with E-state index in [2.05, 4.69) is 17.6 Å². The summed E-state index contributed by atoms with van der Waals surface area (Å²) >= 11 is 0. The second-order valence-electron chi connectivity index (χ2n) is 13.6. The minimum atomic E-state index is -1.70. The summed E-state index contributed by atoms with van der Waals surface area (Å²) in [6.07, 6.45) is 13.5. The Morgan fingerprint density at radius 2 is 1.44 bits per heavy atom. The van der Waals surface area contributed by atoms with E-state index in [1.54, 1.807) is 39.0 Å². The smallest absolute Gasteiger partial charge is 0.328 e. The van der Waals surface area contributed by atoms with E-state index in [0.29, 0.717) is 17.9 Å². The number of hydrogen-bond donors (Lipinski definition) is 2. The average molecular weight is 663 g/mol. The van der Waals surface area contributed by atoms with Gasteiger partial charge in [-0.2, -0.15) is 0 Å². The number of carbonyl (C=O) groups is 5. The number of benzene rings is 2. The summed E-state index contributed by atoms with van der Waals surface area (Å²) in [6, 6.07) is 11.6. The zero-order valence-electron chi connectivity index (χ0n) is 29.4. The van der Waals surface area contributed by atoms with Gasteiger partial charge in [0.2, 0.25) is 5.91 Å². The highest BCUT2D eigenvalue weighted by Crippen LogP contribution is 2.30. The van der Waals surface area contributed by atoms with E-state index in [9.17, 15) is 24.0 Å². The number of methoxy groups -OCH3 is 1. The third-order valence-corrected chi connectivity index (χ3v) is 8.53. The van der Waals surface area contributed by atoms with Crippen molar-refractivity contribution in [1.82, 2.24) is 9.80 Å². The van der Waals surface area contributed by atoms with Crippen LogP contribution < -0.4 is 15.4 Å². The summed E-state index contributed by atoms with van der Waals surface area (Å²) in [5.74, 6) is -1.91. The highest BCUT2D eigenvalue weighted by Gasteiger charge is 2.49. The first-order valence-corrected chi connectivity index (χ1v) is 17.4. The zero-order chi connectivity index (χ0) is 35.1. The number of hydrogen-bond acceptors (Lipinski definition) is 6. The van der Waals surface area contributed by atoms with Crippen LogP contribution >= 0.6 is 0 Å². The highest BCUT2D eigenvalue weighted by atomic mass is 16.5. The summed E-state index contributed by atoms with van der Waals surface area (Å²) in [7, 11) is 1.43. The van der Waals surface area contributed by atoms with Crippen molar-refractivity contribution in [2.45, 2.75) is 117 Å². The second-order valence-corrected chi connectivity index (χ2v) is 13.6. The monoisotopic (exact) mass is 662 g/mol. The molecule has 1 aliphatic heterocycles. The molecule has 1 atom stereocenters. The first kappa shape index (κ1) is 38.2. The number of ketones is 1. The van der Waals surface area contributed by atoms with Crippen LogP contribution in [0.5, 0.6) is 5.75 Å². The Kier molecular flexibility index (Phi) is 15.1. The molecule has 0 bridgehead atoms. The number of imide groups is 1. The van der Waals surface area contributed by atoms with E-state index < -0.39 is 35.1 Å². The number of ether oxygens (including phenoxy) is 1. The van der Waals surface area contributed by atoms with E-state index in [1.165, 1.54) is 63.4 Å². The van der Waals surface area contributed by atoms with Gasteiger partial charge in [-0.3, -0.25) is 19.2 Å². The van der Waals surface area contributed by atoms with Crippen molar-refractivity contribution in [3.63, 3.8) is 0 Å². The maximum atomic E-state index is 13.8. The van der Waals surface area contributed by atoms with Crippen LogP contribution in [0.4, 0.5) is 16.2 Å². The Hall–Kier alpha value is -4.21. The van der Waals surface area contributed by atoms with Gasteiger partial charge < -0.3 is 20.3 Å². The number of urea groups is 1. The maximum Gasteiger partial charge on any atom is 0.328 e. The molecule has 2 N–H and O–H groups in total. The second kappa shape index (κ2) is 19.0. The minimum absolute atomic E-state index is 0.138. The highest BCUT2D eigenvalue weighted by molar-refractivity contribution is 6.19. The summed E-state index contributed by atoms with van der Waals surface area (Å²) in [6.45, 7) is 7.04. The van der Waals surface area contributed by atoms with E-state index in [4.69, 9.17) is 4.74 Å². The molecule has 10 heteroatoms. The molecule has 1 heterocycles.